The maximum Gasteiger partial charge on any atom is 0.235 e. The molecule has 0 bridgehead atoms. The summed E-state index contributed by atoms with van der Waals surface area (Å²) in [5.74, 6) is -0.175. The SMILES string of the molecule is CC(=O)[O-].CCn1ncc(/N=C/C2=C(c3ccc(OC)cc3)[n+]3ccccc3C2)c1O. The Labute approximate surface area is 180 Å². The largest absolute Gasteiger partial charge is 0.550 e. The minimum atomic E-state index is -1.08. The fourth-order valence-corrected chi connectivity index (χ4v) is 3.29. The van der Waals surface area contributed by atoms with Gasteiger partial charge in [-0.05, 0) is 38.1 Å². The number of fused-ring (bicyclic) bond motifs is 1. The zero-order valence-electron chi connectivity index (χ0n) is 17.6. The first-order valence-electron chi connectivity index (χ1n) is 9.78. The minimum absolute atomic E-state index is 0.0866. The van der Waals surface area contributed by atoms with Gasteiger partial charge in [-0.2, -0.15) is 9.67 Å². The predicted molar refractivity (Wildman–Crippen MR) is 114 cm³/mol. The molecular weight excluding hydrogens is 396 g/mol. The number of aliphatic imine (C=N–C) groups is 1. The Balaban J connectivity index is 0.000000628. The van der Waals surface area contributed by atoms with Gasteiger partial charge in [0, 0.05) is 36.4 Å². The minimum Gasteiger partial charge on any atom is -0.550 e. The van der Waals surface area contributed by atoms with Crippen LogP contribution in [-0.4, -0.2) is 34.2 Å². The van der Waals surface area contributed by atoms with Crippen LogP contribution < -0.4 is 14.4 Å². The maximum atomic E-state index is 10.2. The number of carbonyl (C=O) groups excluding carboxylic acids is 1. The summed E-state index contributed by atoms with van der Waals surface area (Å²) in [5.41, 5.74) is 4.91. The van der Waals surface area contributed by atoms with Crippen molar-refractivity contribution in [2.24, 2.45) is 4.99 Å². The molecule has 1 N–H and O–H groups in total. The van der Waals surface area contributed by atoms with Crippen molar-refractivity contribution in [2.75, 3.05) is 7.11 Å². The summed E-state index contributed by atoms with van der Waals surface area (Å²) in [6.07, 6.45) is 6.23. The number of carboxylic acids is 1. The molecule has 160 valence electrons. The predicted octanol–water partition coefficient (Wildman–Crippen LogP) is 1.88. The topological polar surface area (TPSA) is 104 Å². The molecule has 0 saturated heterocycles. The molecule has 1 aliphatic heterocycles. The summed E-state index contributed by atoms with van der Waals surface area (Å²) in [4.78, 5) is 13.4. The lowest BCUT2D eigenvalue weighted by Gasteiger charge is -2.03. The lowest BCUT2D eigenvalue weighted by Crippen LogP contribution is -2.33. The van der Waals surface area contributed by atoms with Crippen LogP contribution >= 0.6 is 0 Å². The molecule has 0 fully saturated rings. The second-order valence-corrected chi connectivity index (χ2v) is 6.76. The molecule has 31 heavy (non-hydrogen) atoms. The number of pyridine rings is 1. The van der Waals surface area contributed by atoms with Crippen molar-refractivity contribution in [3.05, 3.63) is 71.7 Å². The molecule has 8 nitrogen and oxygen atoms in total. The Kier molecular flexibility index (Phi) is 6.81. The number of aryl methyl sites for hydroxylation is 1. The summed E-state index contributed by atoms with van der Waals surface area (Å²) in [5, 5.41) is 23.2. The number of methoxy groups -OCH3 is 1. The molecule has 8 heteroatoms. The summed E-state index contributed by atoms with van der Waals surface area (Å²) in [6, 6.07) is 14.2. The standard InChI is InChI=1S/C21H20N4O2.C2H4O2/c1-3-25-21(26)19(14-23-25)22-13-16-12-17-6-4-5-11-24(17)20(16)15-7-9-18(27-2)10-8-15;1-2(3)4/h4-11,13-14H,3,12H2,1-2H3;1H3,(H,3,4)/b22-13+;. The van der Waals surface area contributed by atoms with E-state index in [1.54, 1.807) is 13.3 Å². The van der Waals surface area contributed by atoms with Gasteiger partial charge in [0.1, 0.15) is 11.4 Å². The van der Waals surface area contributed by atoms with Crippen LogP contribution in [0.1, 0.15) is 25.1 Å². The Morgan fingerprint density at radius 2 is 2.03 bits per heavy atom. The molecule has 2 aromatic heterocycles. The Bertz CT molecular complexity index is 1130. The lowest BCUT2D eigenvalue weighted by molar-refractivity contribution is -0.582. The van der Waals surface area contributed by atoms with Gasteiger partial charge in [0.15, 0.2) is 11.9 Å². The quantitative estimate of drug-likeness (QED) is 0.501. The molecule has 0 aliphatic carbocycles. The van der Waals surface area contributed by atoms with E-state index in [0.29, 0.717) is 12.2 Å². The molecule has 0 radical (unpaired) electrons. The van der Waals surface area contributed by atoms with Crippen LogP contribution in [-0.2, 0) is 17.8 Å². The molecule has 1 aromatic carbocycles. The van der Waals surface area contributed by atoms with Gasteiger partial charge in [-0.15, -0.1) is 0 Å². The molecule has 3 heterocycles. The van der Waals surface area contributed by atoms with Crippen LogP contribution in [0.25, 0.3) is 5.70 Å². The second-order valence-electron chi connectivity index (χ2n) is 6.76. The van der Waals surface area contributed by atoms with Crippen molar-refractivity contribution in [1.29, 1.82) is 0 Å². The number of ether oxygens (including phenoxy) is 1. The second kappa shape index (κ2) is 9.71. The van der Waals surface area contributed by atoms with Gasteiger partial charge >= 0.3 is 0 Å². The third-order valence-electron chi connectivity index (χ3n) is 4.68. The number of hydrogen-bond acceptors (Lipinski definition) is 6. The highest BCUT2D eigenvalue weighted by atomic mass is 16.5. The van der Waals surface area contributed by atoms with E-state index in [9.17, 15) is 5.11 Å². The number of aromatic nitrogens is 3. The number of carbonyl (C=O) groups is 1. The number of hydrogen-bond donors (Lipinski definition) is 1. The van der Waals surface area contributed by atoms with Crippen molar-refractivity contribution in [1.82, 2.24) is 9.78 Å². The number of carboxylic acid groups (broad SMARTS) is 1. The molecule has 0 amide bonds. The molecule has 3 aromatic rings. The number of nitrogens with zero attached hydrogens (tertiary/aromatic N) is 4. The molecule has 4 rings (SSSR count). The summed E-state index contributed by atoms with van der Waals surface area (Å²) in [6.45, 7) is 3.50. The highest BCUT2D eigenvalue weighted by Crippen LogP contribution is 2.28. The lowest BCUT2D eigenvalue weighted by atomic mass is 10.1. The van der Waals surface area contributed by atoms with Crippen molar-refractivity contribution in [3.8, 4) is 11.6 Å². The monoisotopic (exact) mass is 420 g/mol. The summed E-state index contributed by atoms with van der Waals surface area (Å²) in [7, 11) is 1.66. The fourth-order valence-electron chi connectivity index (χ4n) is 3.29. The fraction of sp³-hybridized carbons (Fsp3) is 0.217. The van der Waals surface area contributed by atoms with E-state index < -0.39 is 5.97 Å². The molecule has 0 unspecified atom stereocenters. The maximum absolute atomic E-state index is 10.2. The third-order valence-corrected chi connectivity index (χ3v) is 4.68. The summed E-state index contributed by atoms with van der Waals surface area (Å²) < 4.78 is 8.97. The average molecular weight is 420 g/mol. The van der Waals surface area contributed by atoms with Crippen molar-refractivity contribution >= 4 is 23.6 Å². The highest BCUT2D eigenvalue weighted by Gasteiger charge is 2.30. The third kappa shape index (κ3) is 4.98. The van der Waals surface area contributed by atoms with Crippen molar-refractivity contribution in [3.63, 3.8) is 0 Å². The van der Waals surface area contributed by atoms with Gasteiger partial charge in [-0.3, -0.25) is 0 Å². The van der Waals surface area contributed by atoms with E-state index in [-0.39, 0.29) is 5.88 Å². The zero-order valence-corrected chi connectivity index (χ0v) is 17.6. The van der Waals surface area contributed by atoms with E-state index in [1.165, 1.54) is 10.4 Å². The van der Waals surface area contributed by atoms with Gasteiger partial charge in [0.05, 0.1) is 25.3 Å². The van der Waals surface area contributed by atoms with E-state index in [0.717, 1.165) is 35.9 Å². The van der Waals surface area contributed by atoms with Gasteiger partial charge in [0.25, 0.3) is 0 Å². The molecule has 0 saturated carbocycles. The highest BCUT2D eigenvalue weighted by molar-refractivity contribution is 5.91. The van der Waals surface area contributed by atoms with Crippen LogP contribution in [0.3, 0.4) is 0 Å². The van der Waals surface area contributed by atoms with Gasteiger partial charge in [-0.25, -0.2) is 9.67 Å². The van der Waals surface area contributed by atoms with Crippen LogP contribution in [0.5, 0.6) is 11.6 Å². The van der Waals surface area contributed by atoms with Crippen LogP contribution in [0, 0.1) is 0 Å². The average Bonchev–Trinajstić information content (AvgIpc) is 3.31. The van der Waals surface area contributed by atoms with Crippen LogP contribution in [0.4, 0.5) is 5.69 Å². The van der Waals surface area contributed by atoms with Crippen molar-refractivity contribution < 1.29 is 24.3 Å². The first-order chi connectivity index (χ1) is 14.9. The Morgan fingerprint density at radius 1 is 1.32 bits per heavy atom. The number of benzene rings is 1. The van der Waals surface area contributed by atoms with Gasteiger partial charge in [-0.1, -0.05) is 6.07 Å². The van der Waals surface area contributed by atoms with E-state index in [4.69, 9.17) is 14.6 Å². The van der Waals surface area contributed by atoms with E-state index >= 15 is 0 Å². The van der Waals surface area contributed by atoms with Crippen molar-refractivity contribution in [2.45, 2.75) is 26.8 Å². The smallest absolute Gasteiger partial charge is 0.235 e. The first kappa shape index (κ1) is 21.8. The van der Waals surface area contributed by atoms with E-state index in [1.807, 2.05) is 49.5 Å². The number of aliphatic carboxylic acids is 1. The number of rotatable bonds is 5. The zero-order chi connectivity index (χ0) is 22.4. The molecule has 0 spiro atoms. The molecule has 1 aliphatic rings. The van der Waals surface area contributed by atoms with Crippen LogP contribution in [0.15, 0.2) is 65.4 Å². The van der Waals surface area contributed by atoms with Gasteiger partial charge in [0.2, 0.25) is 11.6 Å². The molecule has 0 atom stereocenters. The van der Waals surface area contributed by atoms with E-state index in [2.05, 4.69) is 26.9 Å². The molecular formula is C23H24N4O4. The Morgan fingerprint density at radius 3 is 2.65 bits per heavy atom. The Hall–Kier alpha value is -3.94. The van der Waals surface area contributed by atoms with Crippen LogP contribution in [0.2, 0.25) is 0 Å². The van der Waals surface area contributed by atoms with Gasteiger partial charge < -0.3 is 19.7 Å². The number of aromatic hydroxyl groups is 1. The first-order valence-corrected chi connectivity index (χ1v) is 9.78. The summed E-state index contributed by atoms with van der Waals surface area (Å²) >= 11 is 0. The normalized spacial score (nSPS) is 12.5. The number of allylic oxidation sites excluding steroid dienone is 1.